The summed E-state index contributed by atoms with van der Waals surface area (Å²) in [6.45, 7) is 1.95. The highest BCUT2D eigenvalue weighted by molar-refractivity contribution is 5.73. The normalized spacial score (nSPS) is 26.8. The summed E-state index contributed by atoms with van der Waals surface area (Å²) in [5.41, 5.74) is 4.90. The van der Waals surface area contributed by atoms with Gasteiger partial charge in [0, 0.05) is 6.54 Å². The molecule has 4 nitrogen and oxygen atoms in total. The molecule has 2 amide bonds. The first kappa shape index (κ1) is 6.35. The van der Waals surface area contributed by atoms with E-state index in [2.05, 4.69) is 0 Å². The molecule has 1 fully saturated rings. The van der Waals surface area contributed by atoms with Gasteiger partial charge >= 0.3 is 6.03 Å². The Kier molecular flexibility index (Phi) is 1.57. The van der Waals surface area contributed by atoms with Crippen LogP contribution in [0.1, 0.15) is 6.42 Å². The second kappa shape index (κ2) is 2.23. The van der Waals surface area contributed by atoms with Crippen LogP contribution in [0.4, 0.5) is 4.79 Å². The third-order valence-electron chi connectivity index (χ3n) is 1.29. The third kappa shape index (κ3) is 1.32. The van der Waals surface area contributed by atoms with E-state index in [9.17, 15) is 4.79 Å². The highest BCUT2D eigenvalue weighted by Crippen LogP contribution is 2.11. The van der Waals surface area contributed by atoms with E-state index in [0.29, 0.717) is 13.0 Å². The Labute approximate surface area is 53.2 Å². The molecule has 0 saturated carbocycles. The van der Waals surface area contributed by atoms with Crippen molar-refractivity contribution in [2.75, 3.05) is 6.54 Å². The van der Waals surface area contributed by atoms with E-state index in [1.807, 2.05) is 0 Å². The number of carbonyl (C=O) groups excluding carboxylic acids is 1. The Morgan fingerprint density at radius 2 is 2.56 bits per heavy atom. The molecule has 4 heteroatoms. The SMILES string of the molecule is NC(=O)N1[CH]CC(O)C1. The van der Waals surface area contributed by atoms with Gasteiger partial charge in [-0.05, 0) is 6.42 Å². The van der Waals surface area contributed by atoms with Crippen molar-refractivity contribution in [2.24, 2.45) is 5.73 Å². The van der Waals surface area contributed by atoms with Crippen LogP contribution in [0.3, 0.4) is 0 Å². The molecule has 1 radical (unpaired) electrons. The second-order valence-electron chi connectivity index (χ2n) is 2.06. The third-order valence-corrected chi connectivity index (χ3v) is 1.29. The van der Waals surface area contributed by atoms with E-state index in [0.717, 1.165) is 0 Å². The Bertz CT molecular complexity index is 126. The monoisotopic (exact) mass is 129 g/mol. The van der Waals surface area contributed by atoms with Crippen molar-refractivity contribution in [3.05, 3.63) is 6.54 Å². The smallest absolute Gasteiger partial charge is 0.315 e. The molecule has 0 aliphatic carbocycles. The van der Waals surface area contributed by atoms with Gasteiger partial charge in [-0.25, -0.2) is 4.79 Å². The van der Waals surface area contributed by atoms with Crippen LogP contribution >= 0.6 is 0 Å². The van der Waals surface area contributed by atoms with Crippen molar-refractivity contribution in [1.82, 2.24) is 4.90 Å². The zero-order chi connectivity index (χ0) is 6.85. The van der Waals surface area contributed by atoms with Crippen molar-refractivity contribution >= 4 is 6.03 Å². The number of carbonyl (C=O) groups is 1. The molecule has 0 spiro atoms. The molecular formula is C5H9N2O2. The van der Waals surface area contributed by atoms with Crippen LogP contribution in [-0.4, -0.2) is 28.7 Å². The molecule has 1 aliphatic heterocycles. The predicted octanol–water partition coefficient (Wildman–Crippen LogP) is -0.707. The number of likely N-dealkylation sites (tertiary alicyclic amines) is 1. The number of hydrogen-bond donors (Lipinski definition) is 2. The minimum Gasteiger partial charge on any atom is -0.391 e. The van der Waals surface area contributed by atoms with Crippen LogP contribution in [0.5, 0.6) is 0 Å². The molecule has 1 heterocycles. The summed E-state index contributed by atoms with van der Waals surface area (Å²) in [4.78, 5) is 11.7. The van der Waals surface area contributed by atoms with Crippen molar-refractivity contribution in [2.45, 2.75) is 12.5 Å². The maximum atomic E-state index is 10.4. The fourth-order valence-electron chi connectivity index (χ4n) is 0.805. The maximum absolute atomic E-state index is 10.4. The van der Waals surface area contributed by atoms with E-state index < -0.39 is 12.1 Å². The van der Waals surface area contributed by atoms with Gasteiger partial charge in [-0.3, -0.25) is 0 Å². The second-order valence-corrected chi connectivity index (χ2v) is 2.06. The number of nitrogens with zero attached hydrogens (tertiary/aromatic N) is 1. The number of hydrogen-bond acceptors (Lipinski definition) is 2. The highest BCUT2D eigenvalue weighted by atomic mass is 16.3. The van der Waals surface area contributed by atoms with Gasteiger partial charge in [-0.1, -0.05) is 0 Å². The van der Waals surface area contributed by atoms with E-state index in [1.54, 1.807) is 6.54 Å². The molecule has 3 N–H and O–H groups in total. The largest absolute Gasteiger partial charge is 0.391 e. The molecule has 1 aliphatic rings. The predicted molar refractivity (Wildman–Crippen MR) is 31.2 cm³/mol. The number of rotatable bonds is 0. The number of urea groups is 1. The fraction of sp³-hybridized carbons (Fsp3) is 0.600. The summed E-state index contributed by atoms with van der Waals surface area (Å²) in [6.07, 6.45) is 0.112. The Morgan fingerprint density at radius 1 is 1.89 bits per heavy atom. The topological polar surface area (TPSA) is 66.6 Å². The van der Waals surface area contributed by atoms with Crippen molar-refractivity contribution in [1.29, 1.82) is 0 Å². The standard InChI is InChI=1S/C5H9N2O2/c6-5(9)7-2-1-4(8)3-7/h2,4,8H,1,3H2,(H2,6,9). The van der Waals surface area contributed by atoms with Crippen LogP contribution in [0.25, 0.3) is 0 Å². The lowest BCUT2D eigenvalue weighted by Crippen LogP contribution is -2.32. The number of amides is 2. The first-order valence-electron chi connectivity index (χ1n) is 2.77. The van der Waals surface area contributed by atoms with E-state index in [4.69, 9.17) is 10.8 Å². The molecule has 1 atom stereocenters. The molecule has 0 aromatic rings. The lowest BCUT2D eigenvalue weighted by atomic mass is 10.3. The zero-order valence-electron chi connectivity index (χ0n) is 4.95. The number of primary amides is 1. The van der Waals surface area contributed by atoms with Crippen LogP contribution in [0.2, 0.25) is 0 Å². The van der Waals surface area contributed by atoms with E-state index >= 15 is 0 Å². The maximum Gasteiger partial charge on any atom is 0.315 e. The van der Waals surface area contributed by atoms with Gasteiger partial charge in [0.25, 0.3) is 0 Å². The molecule has 51 valence electrons. The van der Waals surface area contributed by atoms with Gasteiger partial charge in [0.1, 0.15) is 0 Å². The van der Waals surface area contributed by atoms with Crippen LogP contribution in [0, 0.1) is 6.54 Å². The molecule has 0 bridgehead atoms. The average molecular weight is 129 g/mol. The number of aliphatic hydroxyl groups is 1. The van der Waals surface area contributed by atoms with Gasteiger partial charge in [-0.2, -0.15) is 0 Å². The first-order valence-corrected chi connectivity index (χ1v) is 2.77. The van der Waals surface area contributed by atoms with Crippen LogP contribution in [0.15, 0.2) is 0 Å². The van der Waals surface area contributed by atoms with Gasteiger partial charge < -0.3 is 15.7 Å². The van der Waals surface area contributed by atoms with Gasteiger partial charge in [0.15, 0.2) is 0 Å². The molecule has 0 aromatic heterocycles. The Hall–Kier alpha value is -0.770. The van der Waals surface area contributed by atoms with E-state index in [1.165, 1.54) is 4.90 Å². The average Bonchev–Trinajstić information content (AvgIpc) is 2.14. The Balaban J connectivity index is 2.39. The molecule has 1 rings (SSSR count). The summed E-state index contributed by atoms with van der Waals surface area (Å²) in [7, 11) is 0. The quantitative estimate of drug-likeness (QED) is 0.454. The van der Waals surface area contributed by atoms with Gasteiger partial charge in [-0.15, -0.1) is 0 Å². The van der Waals surface area contributed by atoms with Crippen molar-refractivity contribution in [3.63, 3.8) is 0 Å². The summed E-state index contributed by atoms with van der Waals surface area (Å²) in [6, 6.07) is -0.494. The minimum atomic E-state index is -0.494. The summed E-state index contributed by atoms with van der Waals surface area (Å²) in [5.74, 6) is 0. The molecule has 1 unspecified atom stereocenters. The Morgan fingerprint density at radius 3 is 2.78 bits per heavy atom. The first-order chi connectivity index (χ1) is 4.20. The summed E-state index contributed by atoms with van der Waals surface area (Å²) in [5, 5.41) is 8.87. The minimum absolute atomic E-state index is 0.343. The molecule has 1 saturated heterocycles. The van der Waals surface area contributed by atoms with Crippen LogP contribution in [-0.2, 0) is 0 Å². The van der Waals surface area contributed by atoms with Crippen LogP contribution < -0.4 is 5.73 Å². The lowest BCUT2D eigenvalue weighted by Gasteiger charge is -2.09. The van der Waals surface area contributed by atoms with Gasteiger partial charge in [0.2, 0.25) is 0 Å². The molecule has 9 heavy (non-hydrogen) atoms. The number of β-amino-alcohol motifs (C(OH)–C–C–N with tert-alkyl or cyclic N) is 1. The summed E-state index contributed by atoms with van der Waals surface area (Å²) < 4.78 is 0. The van der Waals surface area contributed by atoms with E-state index in [-0.39, 0.29) is 0 Å². The molecular weight excluding hydrogens is 120 g/mol. The lowest BCUT2D eigenvalue weighted by molar-refractivity contribution is 0.176. The highest BCUT2D eigenvalue weighted by Gasteiger charge is 2.22. The zero-order valence-corrected chi connectivity index (χ0v) is 4.95. The van der Waals surface area contributed by atoms with Gasteiger partial charge in [0.05, 0.1) is 12.6 Å². The number of nitrogens with two attached hydrogens (primary N) is 1. The summed E-state index contributed by atoms with van der Waals surface area (Å²) >= 11 is 0. The molecule has 0 aromatic carbocycles. The fourth-order valence-corrected chi connectivity index (χ4v) is 0.805. The van der Waals surface area contributed by atoms with Crippen molar-refractivity contribution < 1.29 is 9.90 Å². The van der Waals surface area contributed by atoms with Crippen molar-refractivity contribution in [3.8, 4) is 0 Å². The number of aliphatic hydroxyl groups excluding tert-OH is 1.